The second kappa shape index (κ2) is 15.9. The first kappa shape index (κ1) is 35.6. The third-order valence-electron chi connectivity index (χ3n) is 11.0. The number of piperidine rings is 1. The number of rotatable bonds is 10. The van der Waals surface area contributed by atoms with Gasteiger partial charge >= 0.3 is 0 Å². The van der Waals surface area contributed by atoms with E-state index in [1.807, 2.05) is 60.7 Å². The molecular formula is C44H45N5O5. The summed E-state index contributed by atoms with van der Waals surface area (Å²) in [6, 6.07) is 38.0. The molecule has 0 saturated carbocycles. The molecule has 54 heavy (non-hydrogen) atoms. The van der Waals surface area contributed by atoms with Gasteiger partial charge in [0.2, 0.25) is 5.91 Å². The molecule has 4 heterocycles. The Hall–Kier alpha value is -5.39. The van der Waals surface area contributed by atoms with Crippen molar-refractivity contribution < 1.29 is 24.2 Å². The lowest BCUT2D eigenvalue weighted by atomic mass is 9.85. The topological polar surface area (TPSA) is 116 Å². The van der Waals surface area contributed by atoms with Crippen molar-refractivity contribution in [3.8, 4) is 11.1 Å². The standard InChI is InChI=1S/C44H45N5O5/c50-29-31-12-14-33(15-13-31)40-25-38(28-48-23-20-44(21-24-48)43(52)47-30-49(44)37-9-2-1-3-10-37)53-42(54-40)34-18-16-32(17-19-34)39-11-5-4-7-35(39)27-46-41(51)36-8-6-22-45-26-36/h1-19,22,26,38,40,42,50H,20-21,23-25,27-30H2,(H,46,51)(H,47,52). The summed E-state index contributed by atoms with van der Waals surface area (Å²) >= 11 is 0. The van der Waals surface area contributed by atoms with E-state index >= 15 is 0 Å². The van der Waals surface area contributed by atoms with Crippen LogP contribution in [-0.4, -0.2) is 64.8 Å². The first-order valence-electron chi connectivity index (χ1n) is 18.7. The summed E-state index contributed by atoms with van der Waals surface area (Å²) in [7, 11) is 0. The average Bonchev–Trinajstić information content (AvgIpc) is 3.55. The minimum absolute atomic E-state index is 0.0112. The zero-order valence-electron chi connectivity index (χ0n) is 30.1. The number of amides is 2. The van der Waals surface area contributed by atoms with E-state index < -0.39 is 11.8 Å². The molecule has 1 aromatic heterocycles. The molecule has 3 fully saturated rings. The van der Waals surface area contributed by atoms with Gasteiger partial charge in [-0.05, 0) is 64.9 Å². The lowest BCUT2D eigenvalue weighted by Crippen LogP contribution is -2.57. The van der Waals surface area contributed by atoms with E-state index in [2.05, 4.69) is 67.9 Å². The molecule has 1 spiro atoms. The Balaban J connectivity index is 0.974. The number of hydrogen-bond donors (Lipinski definition) is 3. The van der Waals surface area contributed by atoms with Crippen LogP contribution < -0.4 is 15.5 Å². The Kier molecular flexibility index (Phi) is 10.5. The number of para-hydroxylation sites is 1. The van der Waals surface area contributed by atoms with Gasteiger partial charge in [0, 0.05) is 56.2 Å². The molecule has 0 radical (unpaired) electrons. The van der Waals surface area contributed by atoms with Crippen LogP contribution in [-0.2, 0) is 27.4 Å². The smallest absolute Gasteiger partial charge is 0.253 e. The Morgan fingerprint density at radius 3 is 2.35 bits per heavy atom. The zero-order valence-corrected chi connectivity index (χ0v) is 30.1. The van der Waals surface area contributed by atoms with E-state index in [1.54, 1.807) is 24.5 Å². The molecule has 3 saturated heterocycles. The molecule has 10 nitrogen and oxygen atoms in total. The van der Waals surface area contributed by atoms with Crippen molar-refractivity contribution in [3.05, 3.63) is 155 Å². The lowest BCUT2D eigenvalue weighted by molar-refractivity contribution is -0.253. The molecule has 5 aromatic rings. The number of aliphatic hydroxyl groups is 1. The molecule has 0 bridgehead atoms. The number of carbonyl (C=O) groups excluding carboxylic acids is 2. The maximum absolute atomic E-state index is 13.3. The van der Waals surface area contributed by atoms with Gasteiger partial charge in [-0.25, -0.2) is 0 Å². The van der Waals surface area contributed by atoms with Crippen LogP contribution >= 0.6 is 0 Å². The van der Waals surface area contributed by atoms with Crippen LogP contribution in [0, 0.1) is 0 Å². The lowest BCUT2D eigenvalue weighted by Gasteiger charge is -2.45. The third-order valence-corrected chi connectivity index (χ3v) is 11.0. The molecule has 2 amide bonds. The van der Waals surface area contributed by atoms with Crippen LogP contribution in [0.3, 0.4) is 0 Å². The number of aliphatic hydroxyl groups excluding tert-OH is 1. The Morgan fingerprint density at radius 2 is 1.61 bits per heavy atom. The highest BCUT2D eigenvalue weighted by atomic mass is 16.7. The summed E-state index contributed by atoms with van der Waals surface area (Å²) in [5.74, 6) is -0.0578. The number of benzene rings is 4. The molecule has 276 valence electrons. The number of pyridine rings is 1. The molecule has 8 rings (SSSR count). The predicted molar refractivity (Wildman–Crippen MR) is 206 cm³/mol. The average molecular weight is 724 g/mol. The van der Waals surface area contributed by atoms with Gasteiger partial charge in [0.05, 0.1) is 31.0 Å². The largest absolute Gasteiger partial charge is 0.392 e. The van der Waals surface area contributed by atoms with Gasteiger partial charge in [-0.1, -0.05) is 91.0 Å². The fourth-order valence-electron chi connectivity index (χ4n) is 8.01. The van der Waals surface area contributed by atoms with Crippen LogP contribution in [0.25, 0.3) is 11.1 Å². The van der Waals surface area contributed by atoms with Gasteiger partial charge in [0.15, 0.2) is 6.29 Å². The third kappa shape index (κ3) is 7.51. The molecule has 3 unspecified atom stereocenters. The molecule has 3 aliphatic rings. The maximum atomic E-state index is 13.3. The second-order valence-electron chi connectivity index (χ2n) is 14.3. The fourth-order valence-corrected chi connectivity index (χ4v) is 8.01. The first-order valence-corrected chi connectivity index (χ1v) is 18.7. The highest BCUT2D eigenvalue weighted by Gasteiger charge is 2.50. The molecule has 3 atom stereocenters. The minimum atomic E-state index is -0.584. The van der Waals surface area contributed by atoms with Gasteiger partial charge in [-0.2, -0.15) is 0 Å². The van der Waals surface area contributed by atoms with E-state index in [-0.39, 0.29) is 30.6 Å². The van der Waals surface area contributed by atoms with Gasteiger partial charge in [-0.3, -0.25) is 14.6 Å². The van der Waals surface area contributed by atoms with Gasteiger partial charge < -0.3 is 35.0 Å². The molecule has 4 aromatic carbocycles. The summed E-state index contributed by atoms with van der Waals surface area (Å²) in [4.78, 5) is 34.7. The molecule has 0 aliphatic carbocycles. The number of hydrogen-bond acceptors (Lipinski definition) is 8. The molecule has 3 aliphatic heterocycles. The summed E-state index contributed by atoms with van der Waals surface area (Å²) in [5, 5.41) is 15.8. The number of ether oxygens (including phenoxy) is 2. The van der Waals surface area contributed by atoms with Crippen molar-refractivity contribution in [2.45, 2.75) is 56.5 Å². The number of anilines is 1. The quantitative estimate of drug-likeness (QED) is 0.157. The Bertz CT molecular complexity index is 2040. The summed E-state index contributed by atoms with van der Waals surface area (Å²) < 4.78 is 13.4. The van der Waals surface area contributed by atoms with Gasteiger partial charge in [0.1, 0.15) is 5.54 Å². The van der Waals surface area contributed by atoms with E-state index in [9.17, 15) is 14.7 Å². The number of aromatic nitrogens is 1. The highest BCUT2D eigenvalue weighted by Crippen LogP contribution is 2.40. The van der Waals surface area contributed by atoms with Gasteiger partial charge in [-0.15, -0.1) is 0 Å². The minimum Gasteiger partial charge on any atom is -0.392 e. The Labute approximate surface area is 315 Å². The maximum Gasteiger partial charge on any atom is 0.253 e. The van der Waals surface area contributed by atoms with Crippen LogP contribution in [0.5, 0.6) is 0 Å². The SMILES string of the molecule is O=C(NCc1ccccc1-c1ccc(C2OC(CN3CCC4(CC3)C(=O)NCN4c3ccccc3)CC(c3ccc(CO)cc3)O2)cc1)c1cccnc1. The first-order chi connectivity index (χ1) is 26.5. The number of nitrogens with one attached hydrogen (secondary N) is 2. The summed E-state index contributed by atoms with van der Waals surface area (Å²) in [6.45, 7) is 3.19. The molecule has 10 heteroatoms. The fraction of sp³-hybridized carbons (Fsp3) is 0.295. The molecular weight excluding hydrogens is 679 g/mol. The number of likely N-dealkylation sites (tertiary alicyclic amines) is 1. The van der Waals surface area contributed by atoms with Crippen LogP contribution in [0.2, 0.25) is 0 Å². The molecule has 3 N–H and O–H groups in total. The normalized spacial score (nSPS) is 21.2. The predicted octanol–water partition coefficient (Wildman–Crippen LogP) is 6.14. The van der Waals surface area contributed by atoms with Crippen LogP contribution in [0.4, 0.5) is 5.69 Å². The highest BCUT2D eigenvalue weighted by molar-refractivity contribution is 5.94. The second-order valence-corrected chi connectivity index (χ2v) is 14.3. The van der Waals surface area contributed by atoms with Crippen LogP contribution in [0.1, 0.15) is 64.3 Å². The van der Waals surface area contributed by atoms with Crippen LogP contribution in [0.15, 0.2) is 128 Å². The number of carbonyl (C=O) groups is 2. The van der Waals surface area contributed by atoms with Crippen molar-refractivity contribution in [1.29, 1.82) is 0 Å². The van der Waals surface area contributed by atoms with E-state index in [0.717, 1.165) is 71.5 Å². The van der Waals surface area contributed by atoms with Gasteiger partial charge in [0.25, 0.3) is 5.91 Å². The van der Waals surface area contributed by atoms with Crippen molar-refractivity contribution in [1.82, 2.24) is 20.5 Å². The summed E-state index contributed by atoms with van der Waals surface area (Å²) in [6.07, 6.45) is 4.48. The van der Waals surface area contributed by atoms with Crippen molar-refractivity contribution in [2.24, 2.45) is 0 Å². The van der Waals surface area contributed by atoms with Crippen molar-refractivity contribution >= 4 is 17.5 Å². The van der Waals surface area contributed by atoms with E-state index in [4.69, 9.17) is 9.47 Å². The summed E-state index contributed by atoms with van der Waals surface area (Å²) in [5.41, 5.74) is 6.92. The van der Waals surface area contributed by atoms with Crippen molar-refractivity contribution in [2.75, 3.05) is 31.2 Å². The zero-order chi connectivity index (χ0) is 36.9. The number of nitrogens with zero attached hydrogens (tertiary/aromatic N) is 3. The van der Waals surface area contributed by atoms with Crippen molar-refractivity contribution in [3.63, 3.8) is 0 Å². The Morgan fingerprint density at radius 1 is 0.870 bits per heavy atom. The van der Waals surface area contributed by atoms with E-state index in [0.29, 0.717) is 25.2 Å². The monoisotopic (exact) mass is 723 g/mol. The van der Waals surface area contributed by atoms with E-state index in [1.165, 1.54) is 0 Å².